The molecule has 3 aromatic rings. The van der Waals surface area contributed by atoms with Gasteiger partial charge in [0.1, 0.15) is 5.82 Å². The molecule has 2 aromatic carbocycles. The van der Waals surface area contributed by atoms with Gasteiger partial charge in [-0.15, -0.1) is 11.3 Å². The number of thiazole rings is 1. The summed E-state index contributed by atoms with van der Waals surface area (Å²) >= 11 is 4.79. The van der Waals surface area contributed by atoms with Crippen LogP contribution in [0.4, 0.5) is 15.2 Å². The molecule has 1 amide bonds. The van der Waals surface area contributed by atoms with Crippen LogP contribution in [0.5, 0.6) is 0 Å². The third kappa shape index (κ3) is 4.24. The molecule has 0 unspecified atom stereocenters. The van der Waals surface area contributed by atoms with Crippen molar-refractivity contribution in [2.75, 3.05) is 36.5 Å². The topological polar surface area (TPSA) is 54.5 Å². The number of nitrogens with zero attached hydrogens (tertiary/aromatic N) is 2. The SMILES string of the molecule is O=C(Nc1ccc(-c2csc(N3CCOCC3)n2)cc1)c1ccc(Br)cc1F. The minimum Gasteiger partial charge on any atom is -0.378 e. The first-order valence-corrected chi connectivity index (χ1v) is 10.4. The van der Waals surface area contributed by atoms with Gasteiger partial charge in [-0.2, -0.15) is 0 Å². The van der Waals surface area contributed by atoms with Crippen LogP contribution >= 0.6 is 27.3 Å². The zero-order chi connectivity index (χ0) is 19.5. The second-order valence-electron chi connectivity index (χ2n) is 6.27. The van der Waals surface area contributed by atoms with Crippen molar-refractivity contribution >= 4 is 44.0 Å². The van der Waals surface area contributed by atoms with Gasteiger partial charge >= 0.3 is 0 Å². The summed E-state index contributed by atoms with van der Waals surface area (Å²) in [7, 11) is 0. The third-order valence-electron chi connectivity index (χ3n) is 4.39. The Balaban J connectivity index is 1.45. The molecule has 0 radical (unpaired) electrons. The van der Waals surface area contributed by atoms with E-state index in [2.05, 4.69) is 26.1 Å². The maximum absolute atomic E-state index is 13.9. The van der Waals surface area contributed by atoms with Crippen LogP contribution in [-0.4, -0.2) is 37.2 Å². The van der Waals surface area contributed by atoms with E-state index in [-0.39, 0.29) is 5.56 Å². The molecule has 1 aliphatic heterocycles. The average Bonchev–Trinajstić information content (AvgIpc) is 3.19. The Bertz CT molecular complexity index is 987. The van der Waals surface area contributed by atoms with Crippen LogP contribution in [0.25, 0.3) is 11.3 Å². The van der Waals surface area contributed by atoms with Crippen LogP contribution in [0.3, 0.4) is 0 Å². The molecule has 8 heteroatoms. The van der Waals surface area contributed by atoms with E-state index < -0.39 is 11.7 Å². The van der Waals surface area contributed by atoms with Gasteiger partial charge in [-0.05, 0) is 30.3 Å². The van der Waals surface area contributed by atoms with Gasteiger partial charge in [-0.1, -0.05) is 28.1 Å². The molecule has 0 aliphatic carbocycles. The van der Waals surface area contributed by atoms with Crippen LogP contribution in [0.2, 0.25) is 0 Å². The first-order chi connectivity index (χ1) is 13.6. The number of nitrogens with one attached hydrogen (secondary N) is 1. The highest BCUT2D eigenvalue weighted by Crippen LogP contribution is 2.29. The normalized spacial score (nSPS) is 14.1. The number of hydrogen-bond donors (Lipinski definition) is 1. The molecule has 144 valence electrons. The van der Waals surface area contributed by atoms with Gasteiger partial charge in [0, 0.05) is 34.2 Å². The van der Waals surface area contributed by atoms with Gasteiger partial charge in [-0.25, -0.2) is 9.37 Å². The summed E-state index contributed by atoms with van der Waals surface area (Å²) in [4.78, 5) is 19.2. The van der Waals surface area contributed by atoms with Gasteiger partial charge in [0.2, 0.25) is 0 Å². The summed E-state index contributed by atoms with van der Waals surface area (Å²) in [6.07, 6.45) is 0. The summed E-state index contributed by atoms with van der Waals surface area (Å²) in [6, 6.07) is 11.7. The fourth-order valence-corrected chi connectivity index (χ4v) is 4.11. The Labute approximate surface area is 174 Å². The standard InChI is InChI=1S/C20H17BrFN3O2S/c21-14-3-6-16(17(22)11-14)19(26)23-15-4-1-13(2-5-15)18-12-28-20(24-18)25-7-9-27-10-8-25/h1-6,11-12H,7-10H2,(H,23,26). The van der Waals surface area contributed by atoms with E-state index in [1.54, 1.807) is 29.5 Å². The van der Waals surface area contributed by atoms with Gasteiger partial charge in [0.15, 0.2) is 5.13 Å². The number of rotatable bonds is 4. The quantitative estimate of drug-likeness (QED) is 0.606. The number of morpholine rings is 1. The van der Waals surface area contributed by atoms with Crippen LogP contribution in [0.1, 0.15) is 10.4 Å². The Morgan fingerprint density at radius 2 is 1.93 bits per heavy atom. The van der Waals surface area contributed by atoms with E-state index in [4.69, 9.17) is 9.72 Å². The molecule has 4 rings (SSSR count). The van der Waals surface area contributed by atoms with Crippen molar-refractivity contribution in [2.24, 2.45) is 0 Å². The van der Waals surface area contributed by atoms with Gasteiger partial charge < -0.3 is 15.0 Å². The molecule has 0 bridgehead atoms. The van der Waals surface area contributed by atoms with E-state index in [9.17, 15) is 9.18 Å². The summed E-state index contributed by atoms with van der Waals surface area (Å²) in [6.45, 7) is 3.15. The largest absolute Gasteiger partial charge is 0.378 e. The number of amides is 1. The van der Waals surface area contributed by atoms with Crippen molar-refractivity contribution < 1.29 is 13.9 Å². The smallest absolute Gasteiger partial charge is 0.258 e. The fraction of sp³-hybridized carbons (Fsp3) is 0.200. The first kappa shape index (κ1) is 19.0. The Kier molecular flexibility index (Phi) is 5.70. The highest BCUT2D eigenvalue weighted by Gasteiger charge is 2.16. The number of carbonyl (C=O) groups is 1. The van der Waals surface area contributed by atoms with Gasteiger partial charge in [0.25, 0.3) is 5.91 Å². The second-order valence-corrected chi connectivity index (χ2v) is 8.02. The lowest BCUT2D eigenvalue weighted by atomic mass is 10.1. The lowest BCUT2D eigenvalue weighted by Crippen LogP contribution is -2.36. The average molecular weight is 462 g/mol. The van der Waals surface area contributed by atoms with E-state index in [0.717, 1.165) is 42.7 Å². The zero-order valence-electron chi connectivity index (χ0n) is 14.8. The number of hydrogen-bond acceptors (Lipinski definition) is 5. The number of carbonyl (C=O) groups excluding carboxylic acids is 1. The first-order valence-electron chi connectivity index (χ1n) is 8.75. The third-order valence-corrected chi connectivity index (χ3v) is 5.78. The second kappa shape index (κ2) is 8.38. The fourth-order valence-electron chi connectivity index (χ4n) is 2.89. The molecule has 0 spiro atoms. The summed E-state index contributed by atoms with van der Waals surface area (Å²) < 4.78 is 19.9. The van der Waals surface area contributed by atoms with Gasteiger partial charge in [0.05, 0.1) is 24.5 Å². The molecule has 1 saturated heterocycles. The van der Waals surface area contributed by atoms with Crippen LogP contribution in [-0.2, 0) is 4.74 Å². The van der Waals surface area contributed by atoms with Crippen molar-refractivity contribution in [1.82, 2.24) is 4.98 Å². The predicted molar refractivity (Wildman–Crippen MR) is 113 cm³/mol. The number of aromatic nitrogens is 1. The molecule has 0 saturated carbocycles. The van der Waals surface area contributed by atoms with Crippen molar-refractivity contribution in [3.8, 4) is 11.3 Å². The maximum Gasteiger partial charge on any atom is 0.258 e. The van der Waals surface area contributed by atoms with Crippen molar-refractivity contribution in [3.63, 3.8) is 0 Å². The molecule has 28 heavy (non-hydrogen) atoms. The summed E-state index contributed by atoms with van der Waals surface area (Å²) in [5.41, 5.74) is 2.45. The number of anilines is 2. The lowest BCUT2D eigenvalue weighted by Gasteiger charge is -2.26. The Hall–Kier alpha value is -2.29. The van der Waals surface area contributed by atoms with E-state index >= 15 is 0 Å². The molecule has 5 nitrogen and oxygen atoms in total. The highest BCUT2D eigenvalue weighted by atomic mass is 79.9. The molecular formula is C20H17BrFN3O2S. The van der Waals surface area contributed by atoms with Gasteiger partial charge in [-0.3, -0.25) is 4.79 Å². The van der Waals surface area contributed by atoms with Crippen molar-refractivity contribution in [3.05, 3.63) is 63.7 Å². The zero-order valence-corrected chi connectivity index (χ0v) is 17.2. The predicted octanol–water partition coefficient (Wildman–Crippen LogP) is 4.80. The maximum atomic E-state index is 13.9. The molecule has 2 heterocycles. The molecule has 1 aliphatic rings. The molecular weight excluding hydrogens is 445 g/mol. The van der Waals surface area contributed by atoms with E-state index in [1.807, 2.05) is 17.5 Å². The minimum atomic E-state index is -0.568. The molecule has 1 fully saturated rings. The Morgan fingerprint density at radius 3 is 2.64 bits per heavy atom. The lowest BCUT2D eigenvalue weighted by molar-refractivity contribution is 0.102. The van der Waals surface area contributed by atoms with Crippen molar-refractivity contribution in [2.45, 2.75) is 0 Å². The summed E-state index contributed by atoms with van der Waals surface area (Å²) in [5, 5.41) is 5.73. The van der Waals surface area contributed by atoms with Crippen molar-refractivity contribution in [1.29, 1.82) is 0 Å². The number of halogens is 2. The molecule has 1 N–H and O–H groups in total. The number of benzene rings is 2. The van der Waals surface area contributed by atoms with Crippen LogP contribution < -0.4 is 10.2 Å². The van der Waals surface area contributed by atoms with Crippen LogP contribution in [0, 0.1) is 5.82 Å². The Morgan fingerprint density at radius 1 is 1.18 bits per heavy atom. The highest BCUT2D eigenvalue weighted by molar-refractivity contribution is 9.10. The van der Waals surface area contributed by atoms with Crippen LogP contribution in [0.15, 0.2) is 52.3 Å². The minimum absolute atomic E-state index is 0.00179. The molecule has 1 aromatic heterocycles. The number of ether oxygens (including phenoxy) is 1. The van der Waals surface area contributed by atoms with E-state index in [0.29, 0.717) is 10.2 Å². The monoisotopic (exact) mass is 461 g/mol. The van der Waals surface area contributed by atoms with E-state index in [1.165, 1.54) is 12.1 Å². The molecule has 0 atom stereocenters. The summed E-state index contributed by atoms with van der Waals surface area (Å²) in [5.74, 6) is -1.05.